The summed E-state index contributed by atoms with van der Waals surface area (Å²) in [5.41, 5.74) is 2.68. The molecule has 3 aromatic carbocycles. The minimum Gasteiger partial charge on any atom is -0.326 e. The minimum atomic E-state index is -0.118. The molecule has 0 heterocycles. The number of anilines is 2. The van der Waals surface area contributed by atoms with Gasteiger partial charge in [0, 0.05) is 23.9 Å². The lowest BCUT2D eigenvalue weighted by molar-refractivity contribution is -0.903. The second kappa shape index (κ2) is 9.15. The van der Waals surface area contributed by atoms with E-state index in [1.807, 2.05) is 6.07 Å². The standard InChI is InChI=1S/C23H25N3O2/c1-3-26(15-19-9-6-8-18-7-4-5-10-22(18)19)16-23(28)25-21-13-11-20(12-14-21)24-17(2)27/h4-14H,3,15-16H2,1-2H3,(H,24,27)(H,25,28)/p+1. The fourth-order valence-corrected chi connectivity index (χ4v) is 3.30. The largest absolute Gasteiger partial charge is 0.326 e. The van der Waals surface area contributed by atoms with Crippen LogP contribution in [-0.4, -0.2) is 24.9 Å². The number of quaternary nitrogens is 1. The van der Waals surface area contributed by atoms with E-state index in [0.29, 0.717) is 12.2 Å². The molecule has 2 amide bonds. The van der Waals surface area contributed by atoms with E-state index in [9.17, 15) is 9.59 Å². The molecule has 0 spiro atoms. The average Bonchev–Trinajstić information content (AvgIpc) is 2.69. The molecular weight excluding hydrogens is 350 g/mol. The SMILES string of the molecule is CC[NH+](CC(=O)Nc1ccc(NC(C)=O)cc1)Cc1cccc2ccccc12. The van der Waals surface area contributed by atoms with E-state index in [4.69, 9.17) is 0 Å². The molecule has 0 saturated heterocycles. The molecule has 0 aliphatic carbocycles. The predicted molar refractivity (Wildman–Crippen MR) is 113 cm³/mol. The Morgan fingerprint density at radius 2 is 1.50 bits per heavy atom. The van der Waals surface area contributed by atoms with Crippen molar-refractivity contribution < 1.29 is 14.5 Å². The van der Waals surface area contributed by atoms with Gasteiger partial charge in [0.1, 0.15) is 6.54 Å². The highest BCUT2D eigenvalue weighted by Crippen LogP contribution is 2.17. The molecular formula is C23H26N3O2+. The second-order valence-electron chi connectivity index (χ2n) is 6.90. The molecule has 144 valence electrons. The van der Waals surface area contributed by atoms with Crippen molar-refractivity contribution in [3.05, 3.63) is 72.3 Å². The number of fused-ring (bicyclic) bond motifs is 1. The highest BCUT2D eigenvalue weighted by molar-refractivity contribution is 5.92. The Labute approximate surface area is 165 Å². The van der Waals surface area contributed by atoms with Crippen LogP contribution in [0.15, 0.2) is 66.7 Å². The van der Waals surface area contributed by atoms with E-state index >= 15 is 0 Å². The smallest absolute Gasteiger partial charge is 0.279 e. The number of rotatable bonds is 7. The Bertz CT molecular complexity index is 962. The van der Waals surface area contributed by atoms with Gasteiger partial charge >= 0.3 is 0 Å². The number of hydrogen-bond donors (Lipinski definition) is 3. The summed E-state index contributed by atoms with van der Waals surface area (Å²) in [7, 11) is 0. The van der Waals surface area contributed by atoms with Gasteiger partial charge in [-0.15, -0.1) is 0 Å². The Kier molecular flexibility index (Phi) is 6.40. The quantitative estimate of drug-likeness (QED) is 0.594. The van der Waals surface area contributed by atoms with Crippen molar-refractivity contribution in [2.24, 2.45) is 0 Å². The summed E-state index contributed by atoms with van der Waals surface area (Å²) >= 11 is 0. The first kappa shape index (κ1) is 19.6. The van der Waals surface area contributed by atoms with Gasteiger partial charge in [0.15, 0.2) is 6.54 Å². The van der Waals surface area contributed by atoms with Crippen molar-refractivity contribution in [3.63, 3.8) is 0 Å². The Morgan fingerprint density at radius 1 is 0.857 bits per heavy atom. The monoisotopic (exact) mass is 376 g/mol. The highest BCUT2D eigenvalue weighted by atomic mass is 16.2. The summed E-state index contributed by atoms with van der Waals surface area (Å²) in [4.78, 5) is 24.8. The topological polar surface area (TPSA) is 62.6 Å². The summed E-state index contributed by atoms with van der Waals surface area (Å²) in [5.74, 6) is -0.142. The molecule has 0 bridgehead atoms. The molecule has 3 rings (SSSR count). The van der Waals surface area contributed by atoms with Gasteiger partial charge in [-0.25, -0.2) is 0 Å². The molecule has 0 saturated carbocycles. The Morgan fingerprint density at radius 3 is 2.18 bits per heavy atom. The zero-order chi connectivity index (χ0) is 19.9. The van der Waals surface area contributed by atoms with Crippen LogP contribution >= 0.6 is 0 Å². The summed E-state index contributed by atoms with van der Waals surface area (Å²) < 4.78 is 0. The summed E-state index contributed by atoms with van der Waals surface area (Å²) in [6, 6.07) is 21.8. The first-order valence-electron chi connectivity index (χ1n) is 9.53. The van der Waals surface area contributed by atoms with E-state index in [2.05, 4.69) is 54.0 Å². The van der Waals surface area contributed by atoms with Crippen molar-refractivity contribution in [3.8, 4) is 0 Å². The maximum Gasteiger partial charge on any atom is 0.279 e. The maximum absolute atomic E-state index is 12.5. The number of hydrogen-bond acceptors (Lipinski definition) is 2. The van der Waals surface area contributed by atoms with Crippen molar-refractivity contribution in [1.29, 1.82) is 0 Å². The van der Waals surface area contributed by atoms with Crippen LogP contribution in [0.25, 0.3) is 10.8 Å². The number of amides is 2. The number of carbonyl (C=O) groups is 2. The maximum atomic E-state index is 12.5. The van der Waals surface area contributed by atoms with Crippen molar-refractivity contribution in [2.45, 2.75) is 20.4 Å². The third-order valence-corrected chi connectivity index (χ3v) is 4.72. The van der Waals surface area contributed by atoms with Crippen LogP contribution in [0.4, 0.5) is 11.4 Å². The zero-order valence-electron chi connectivity index (χ0n) is 16.3. The molecule has 0 aliphatic rings. The molecule has 3 N–H and O–H groups in total. The van der Waals surface area contributed by atoms with Crippen LogP contribution in [0, 0.1) is 0 Å². The van der Waals surface area contributed by atoms with Gasteiger partial charge in [-0.1, -0.05) is 42.5 Å². The van der Waals surface area contributed by atoms with Crippen molar-refractivity contribution in [1.82, 2.24) is 0 Å². The van der Waals surface area contributed by atoms with Gasteiger partial charge in [0.05, 0.1) is 6.54 Å². The molecule has 0 fully saturated rings. The number of nitrogens with one attached hydrogen (secondary N) is 3. The third-order valence-electron chi connectivity index (χ3n) is 4.72. The average molecular weight is 376 g/mol. The lowest BCUT2D eigenvalue weighted by Crippen LogP contribution is -3.11. The van der Waals surface area contributed by atoms with Crippen LogP contribution in [0.1, 0.15) is 19.4 Å². The molecule has 3 aromatic rings. The fourth-order valence-electron chi connectivity index (χ4n) is 3.30. The van der Waals surface area contributed by atoms with Crippen molar-refractivity contribution in [2.75, 3.05) is 23.7 Å². The van der Waals surface area contributed by atoms with E-state index in [1.165, 1.54) is 28.2 Å². The van der Waals surface area contributed by atoms with Crippen LogP contribution < -0.4 is 15.5 Å². The van der Waals surface area contributed by atoms with E-state index in [1.54, 1.807) is 24.3 Å². The van der Waals surface area contributed by atoms with E-state index in [-0.39, 0.29) is 11.8 Å². The van der Waals surface area contributed by atoms with Crippen LogP contribution in [0.5, 0.6) is 0 Å². The molecule has 0 aromatic heterocycles. The molecule has 5 heteroatoms. The normalized spacial score (nSPS) is 11.8. The van der Waals surface area contributed by atoms with E-state index < -0.39 is 0 Å². The second-order valence-corrected chi connectivity index (χ2v) is 6.90. The predicted octanol–water partition coefficient (Wildman–Crippen LogP) is 2.84. The highest BCUT2D eigenvalue weighted by Gasteiger charge is 2.15. The minimum absolute atomic E-state index is 0.0237. The van der Waals surface area contributed by atoms with Crippen molar-refractivity contribution >= 4 is 34.0 Å². The first-order valence-corrected chi connectivity index (χ1v) is 9.53. The first-order chi connectivity index (χ1) is 13.5. The van der Waals surface area contributed by atoms with Crippen LogP contribution in [0.2, 0.25) is 0 Å². The van der Waals surface area contributed by atoms with Crippen LogP contribution in [0.3, 0.4) is 0 Å². The fraction of sp³-hybridized carbons (Fsp3) is 0.217. The molecule has 1 atom stereocenters. The molecule has 0 radical (unpaired) electrons. The molecule has 28 heavy (non-hydrogen) atoms. The van der Waals surface area contributed by atoms with Gasteiger partial charge in [-0.05, 0) is 42.0 Å². The van der Waals surface area contributed by atoms with Gasteiger partial charge < -0.3 is 15.5 Å². The third kappa shape index (κ3) is 5.18. The van der Waals surface area contributed by atoms with Gasteiger partial charge in [-0.2, -0.15) is 0 Å². The van der Waals surface area contributed by atoms with Gasteiger partial charge in [0.25, 0.3) is 5.91 Å². The summed E-state index contributed by atoms with van der Waals surface area (Å²) in [5, 5.41) is 8.11. The number of benzene rings is 3. The number of carbonyl (C=O) groups excluding carboxylic acids is 2. The van der Waals surface area contributed by atoms with Crippen LogP contribution in [-0.2, 0) is 16.1 Å². The summed E-state index contributed by atoms with van der Waals surface area (Å²) in [6.07, 6.45) is 0. The van der Waals surface area contributed by atoms with Gasteiger partial charge in [0.2, 0.25) is 5.91 Å². The zero-order valence-corrected chi connectivity index (χ0v) is 16.3. The molecule has 0 aliphatic heterocycles. The Balaban J connectivity index is 1.62. The van der Waals surface area contributed by atoms with Gasteiger partial charge in [-0.3, -0.25) is 9.59 Å². The van der Waals surface area contributed by atoms with E-state index in [0.717, 1.165) is 18.8 Å². The molecule has 1 unspecified atom stereocenters. The number of likely N-dealkylation sites (N-methyl/N-ethyl adjacent to an activating group) is 1. The lowest BCUT2D eigenvalue weighted by atomic mass is 10.0. The Hall–Kier alpha value is -3.18. The summed E-state index contributed by atoms with van der Waals surface area (Å²) in [6.45, 7) is 5.61. The molecule has 5 nitrogen and oxygen atoms in total. The lowest BCUT2D eigenvalue weighted by Gasteiger charge is -2.18.